The van der Waals surface area contributed by atoms with E-state index >= 15 is 0 Å². The molecule has 1 N–H and O–H groups in total. The number of nitrogens with one attached hydrogen (secondary N) is 1. The van der Waals surface area contributed by atoms with Crippen molar-refractivity contribution in [3.05, 3.63) is 33.5 Å². The van der Waals surface area contributed by atoms with E-state index in [0.29, 0.717) is 10.8 Å². The Morgan fingerprint density at radius 2 is 2.25 bits per heavy atom. The molecule has 0 aromatic carbocycles. The van der Waals surface area contributed by atoms with Gasteiger partial charge in [0.2, 0.25) is 0 Å². The van der Waals surface area contributed by atoms with Crippen LogP contribution in [0.2, 0.25) is 0 Å². The van der Waals surface area contributed by atoms with Crippen molar-refractivity contribution in [3.8, 4) is 0 Å². The van der Waals surface area contributed by atoms with E-state index in [1.54, 1.807) is 13.2 Å². The molecule has 2 heterocycles. The number of hydrogen-bond donors (Lipinski definition) is 1. The lowest BCUT2D eigenvalue weighted by Gasteiger charge is -1.98. The molecule has 3 rings (SSSR count). The molecule has 0 unspecified atom stereocenters. The Morgan fingerprint density at radius 1 is 1.45 bits per heavy atom. The summed E-state index contributed by atoms with van der Waals surface area (Å²) in [4.78, 5) is 16.4. The van der Waals surface area contributed by atoms with Crippen LogP contribution >= 0.6 is 11.3 Å². The molecule has 5 nitrogen and oxygen atoms in total. The highest BCUT2D eigenvalue weighted by atomic mass is 32.1. The Bertz CT molecular complexity index is 667. The fourth-order valence-corrected chi connectivity index (χ4v) is 2.89. The van der Waals surface area contributed by atoms with E-state index in [0.717, 1.165) is 10.7 Å². The first-order valence-corrected chi connectivity index (χ1v) is 7.38. The van der Waals surface area contributed by atoms with Crippen molar-refractivity contribution in [2.24, 2.45) is 7.05 Å². The molecule has 0 aliphatic heterocycles. The summed E-state index contributed by atoms with van der Waals surface area (Å²) in [5, 5.41) is 7.75. The van der Waals surface area contributed by atoms with Gasteiger partial charge in [-0.2, -0.15) is 5.10 Å². The number of thiazole rings is 1. The number of carbonyl (C=O) groups is 1. The Hall–Kier alpha value is -1.95. The van der Waals surface area contributed by atoms with Crippen LogP contribution in [0, 0.1) is 0 Å². The summed E-state index contributed by atoms with van der Waals surface area (Å²) in [6.45, 7) is 0. The van der Waals surface area contributed by atoms with E-state index < -0.39 is 0 Å². The second kappa shape index (κ2) is 5.20. The fraction of sp³-hybridized carbons (Fsp3) is 0.357. The zero-order valence-electron chi connectivity index (χ0n) is 11.5. The molecule has 0 radical (unpaired) electrons. The summed E-state index contributed by atoms with van der Waals surface area (Å²) in [5.41, 5.74) is 2.44. The first-order chi connectivity index (χ1) is 9.69. The number of amides is 1. The number of carbonyl (C=O) groups excluding carboxylic acids is 1. The molecule has 20 heavy (non-hydrogen) atoms. The standard InChI is InChI=1S/C14H16N4OS/c1-15-14(19)12-8-16-13(20-12)6-5-11-10(9-3-4-9)7-17-18(11)2/h5-9H,3-4H2,1-2H3,(H,15,19). The molecule has 1 fully saturated rings. The van der Waals surface area contributed by atoms with Gasteiger partial charge in [-0.15, -0.1) is 11.3 Å². The average molecular weight is 288 g/mol. The molecule has 0 spiro atoms. The monoisotopic (exact) mass is 288 g/mol. The normalized spacial score (nSPS) is 14.9. The Labute approximate surface area is 121 Å². The Morgan fingerprint density at radius 3 is 2.95 bits per heavy atom. The molecule has 0 saturated heterocycles. The minimum atomic E-state index is -0.0960. The quantitative estimate of drug-likeness (QED) is 0.939. The lowest BCUT2D eigenvalue weighted by Crippen LogP contribution is -2.16. The predicted octanol–water partition coefficient (Wildman–Crippen LogP) is 2.28. The van der Waals surface area contributed by atoms with Crippen molar-refractivity contribution < 1.29 is 4.79 Å². The van der Waals surface area contributed by atoms with E-state index in [1.165, 1.54) is 29.7 Å². The molecule has 1 aliphatic rings. The van der Waals surface area contributed by atoms with Crippen molar-refractivity contribution in [2.45, 2.75) is 18.8 Å². The molecule has 2 aromatic heterocycles. The largest absolute Gasteiger partial charge is 0.354 e. The van der Waals surface area contributed by atoms with Gasteiger partial charge in [0.15, 0.2) is 0 Å². The third-order valence-corrected chi connectivity index (χ3v) is 4.35. The number of hydrogen-bond acceptors (Lipinski definition) is 4. The Balaban J connectivity index is 1.82. The van der Waals surface area contributed by atoms with Crippen molar-refractivity contribution >= 4 is 29.4 Å². The van der Waals surface area contributed by atoms with Crippen LogP contribution < -0.4 is 5.32 Å². The maximum Gasteiger partial charge on any atom is 0.262 e. The summed E-state index contributed by atoms with van der Waals surface area (Å²) >= 11 is 1.38. The Kier molecular flexibility index (Phi) is 3.40. The molecule has 1 saturated carbocycles. The summed E-state index contributed by atoms with van der Waals surface area (Å²) in [6, 6.07) is 0. The molecule has 2 aromatic rings. The molecule has 1 amide bonds. The van der Waals surface area contributed by atoms with Gasteiger partial charge in [-0.3, -0.25) is 9.48 Å². The first kappa shape index (κ1) is 13.1. The topological polar surface area (TPSA) is 59.8 Å². The SMILES string of the molecule is CNC(=O)c1cnc(C=Cc2c(C3CC3)cnn2C)s1. The minimum absolute atomic E-state index is 0.0960. The van der Waals surface area contributed by atoms with E-state index in [4.69, 9.17) is 0 Å². The van der Waals surface area contributed by atoms with Crippen LogP contribution in [0.5, 0.6) is 0 Å². The highest BCUT2D eigenvalue weighted by Gasteiger charge is 2.27. The van der Waals surface area contributed by atoms with Crippen LogP contribution in [-0.2, 0) is 7.05 Å². The summed E-state index contributed by atoms with van der Waals surface area (Å²) in [7, 11) is 3.57. The molecular weight excluding hydrogens is 272 g/mol. The van der Waals surface area contributed by atoms with E-state index in [9.17, 15) is 4.79 Å². The summed E-state index contributed by atoms with van der Waals surface area (Å²) in [6.07, 6.45) is 10.0. The molecular formula is C14H16N4OS. The van der Waals surface area contributed by atoms with Crippen molar-refractivity contribution in [1.29, 1.82) is 0 Å². The van der Waals surface area contributed by atoms with Gasteiger partial charge in [-0.25, -0.2) is 4.98 Å². The second-order valence-corrected chi connectivity index (χ2v) is 5.92. The van der Waals surface area contributed by atoms with Crippen LogP contribution in [0.25, 0.3) is 12.2 Å². The lowest BCUT2D eigenvalue weighted by molar-refractivity contribution is 0.0967. The van der Waals surface area contributed by atoms with Crippen LogP contribution in [0.4, 0.5) is 0 Å². The third kappa shape index (κ3) is 2.51. The van der Waals surface area contributed by atoms with E-state index in [-0.39, 0.29) is 5.91 Å². The molecule has 0 bridgehead atoms. The number of aromatic nitrogens is 3. The highest BCUT2D eigenvalue weighted by molar-refractivity contribution is 7.14. The van der Waals surface area contributed by atoms with Gasteiger partial charge in [-0.05, 0) is 30.9 Å². The smallest absolute Gasteiger partial charge is 0.262 e. The second-order valence-electron chi connectivity index (χ2n) is 4.86. The van der Waals surface area contributed by atoms with Gasteiger partial charge in [-0.1, -0.05) is 0 Å². The molecule has 104 valence electrons. The fourth-order valence-electron chi connectivity index (χ4n) is 2.12. The van der Waals surface area contributed by atoms with Crippen LogP contribution in [0.3, 0.4) is 0 Å². The van der Waals surface area contributed by atoms with Crippen LogP contribution in [0.1, 0.15) is 44.7 Å². The lowest BCUT2D eigenvalue weighted by atomic mass is 10.1. The zero-order chi connectivity index (χ0) is 14.1. The van der Waals surface area contributed by atoms with Gasteiger partial charge in [0.1, 0.15) is 9.88 Å². The van der Waals surface area contributed by atoms with Crippen molar-refractivity contribution in [1.82, 2.24) is 20.1 Å². The predicted molar refractivity (Wildman–Crippen MR) is 79.6 cm³/mol. The molecule has 6 heteroatoms. The molecule has 0 atom stereocenters. The van der Waals surface area contributed by atoms with Crippen LogP contribution in [-0.4, -0.2) is 27.7 Å². The number of rotatable bonds is 4. The number of aryl methyl sites for hydroxylation is 1. The van der Waals surface area contributed by atoms with Crippen molar-refractivity contribution in [2.75, 3.05) is 7.05 Å². The van der Waals surface area contributed by atoms with Crippen LogP contribution in [0.15, 0.2) is 12.4 Å². The zero-order valence-corrected chi connectivity index (χ0v) is 12.3. The van der Waals surface area contributed by atoms with Gasteiger partial charge in [0.05, 0.1) is 18.1 Å². The minimum Gasteiger partial charge on any atom is -0.354 e. The average Bonchev–Trinajstić information content (AvgIpc) is 3.07. The van der Waals surface area contributed by atoms with Crippen molar-refractivity contribution in [3.63, 3.8) is 0 Å². The molecule has 1 aliphatic carbocycles. The highest BCUT2D eigenvalue weighted by Crippen LogP contribution is 2.41. The maximum absolute atomic E-state index is 11.5. The van der Waals surface area contributed by atoms with Gasteiger partial charge in [0.25, 0.3) is 5.91 Å². The van der Waals surface area contributed by atoms with Gasteiger partial charge < -0.3 is 5.32 Å². The van der Waals surface area contributed by atoms with Gasteiger partial charge in [0, 0.05) is 19.7 Å². The van der Waals surface area contributed by atoms with E-state index in [2.05, 4.69) is 15.4 Å². The summed E-state index contributed by atoms with van der Waals surface area (Å²) < 4.78 is 1.89. The third-order valence-electron chi connectivity index (χ3n) is 3.39. The maximum atomic E-state index is 11.5. The van der Waals surface area contributed by atoms with E-state index in [1.807, 2.05) is 30.1 Å². The first-order valence-electron chi connectivity index (χ1n) is 6.57. The number of nitrogens with zero attached hydrogens (tertiary/aromatic N) is 3. The van der Waals surface area contributed by atoms with Gasteiger partial charge >= 0.3 is 0 Å². The summed E-state index contributed by atoms with van der Waals surface area (Å²) in [5.74, 6) is 0.572.